The summed E-state index contributed by atoms with van der Waals surface area (Å²) in [6, 6.07) is 2.29. The molecular weight excluding hydrogens is 246 g/mol. The Hall–Kier alpha value is -0.830. The SMILES string of the molecule is CCCC(C)N(C)c1cc(Cl)nc(C(C)(C)C)n1. The molecule has 1 unspecified atom stereocenters. The van der Waals surface area contributed by atoms with Crippen molar-refractivity contribution in [2.24, 2.45) is 0 Å². The monoisotopic (exact) mass is 269 g/mol. The zero-order valence-corrected chi connectivity index (χ0v) is 13.0. The van der Waals surface area contributed by atoms with Crippen LogP contribution in [-0.4, -0.2) is 23.1 Å². The minimum Gasteiger partial charge on any atom is -0.357 e. The molecule has 1 aromatic heterocycles. The van der Waals surface area contributed by atoms with Crippen molar-refractivity contribution in [2.45, 2.75) is 58.9 Å². The average Bonchev–Trinajstić information content (AvgIpc) is 2.26. The maximum Gasteiger partial charge on any atom is 0.137 e. The first kappa shape index (κ1) is 15.2. The van der Waals surface area contributed by atoms with Crippen LogP contribution in [0.2, 0.25) is 5.15 Å². The van der Waals surface area contributed by atoms with Crippen LogP contribution in [0, 0.1) is 0 Å². The van der Waals surface area contributed by atoms with Gasteiger partial charge in [-0.15, -0.1) is 0 Å². The van der Waals surface area contributed by atoms with Crippen LogP contribution in [0.3, 0.4) is 0 Å². The fraction of sp³-hybridized carbons (Fsp3) is 0.714. The molecule has 0 spiro atoms. The second-order valence-corrected chi connectivity index (χ2v) is 6.26. The van der Waals surface area contributed by atoms with Crippen molar-refractivity contribution in [3.63, 3.8) is 0 Å². The number of anilines is 1. The Morgan fingerprint density at radius 3 is 2.44 bits per heavy atom. The molecule has 0 N–H and O–H groups in total. The van der Waals surface area contributed by atoms with E-state index in [4.69, 9.17) is 11.6 Å². The van der Waals surface area contributed by atoms with Gasteiger partial charge in [-0.2, -0.15) is 0 Å². The fourth-order valence-corrected chi connectivity index (χ4v) is 1.94. The number of aromatic nitrogens is 2. The van der Waals surface area contributed by atoms with Gasteiger partial charge in [0.1, 0.15) is 16.8 Å². The second-order valence-electron chi connectivity index (χ2n) is 5.87. The molecule has 0 aliphatic carbocycles. The number of hydrogen-bond acceptors (Lipinski definition) is 3. The van der Waals surface area contributed by atoms with Crippen LogP contribution in [0.15, 0.2) is 6.07 Å². The van der Waals surface area contributed by atoms with Crippen molar-refractivity contribution in [2.75, 3.05) is 11.9 Å². The van der Waals surface area contributed by atoms with Crippen LogP contribution in [-0.2, 0) is 5.41 Å². The Morgan fingerprint density at radius 1 is 1.33 bits per heavy atom. The van der Waals surface area contributed by atoms with Gasteiger partial charge in [-0.3, -0.25) is 0 Å². The Labute approximate surface area is 116 Å². The van der Waals surface area contributed by atoms with E-state index in [0.29, 0.717) is 11.2 Å². The number of rotatable bonds is 4. The highest BCUT2D eigenvalue weighted by Gasteiger charge is 2.20. The van der Waals surface area contributed by atoms with Crippen LogP contribution in [0.1, 0.15) is 53.3 Å². The smallest absolute Gasteiger partial charge is 0.137 e. The fourth-order valence-electron chi connectivity index (χ4n) is 1.76. The number of halogens is 1. The molecule has 1 atom stereocenters. The summed E-state index contributed by atoms with van der Waals surface area (Å²) in [5.74, 6) is 1.70. The summed E-state index contributed by atoms with van der Waals surface area (Å²) in [6.07, 6.45) is 2.30. The highest BCUT2D eigenvalue weighted by Crippen LogP contribution is 2.24. The van der Waals surface area contributed by atoms with Crippen molar-refractivity contribution in [1.29, 1.82) is 0 Å². The van der Waals surface area contributed by atoms with E-state index in [1.807, 2.05) is 6.07 Å². The van der Waals surface area contributed by atoms with Gasteiger partial charge in [-0.25, -0.2) is 9.97 Å². The highest BCUT2D eigenvalue weighted by atomic mass is 35.5. The Kier molecular flexibility index (Phi) is 4.97. The van der Waals surface area contributed by atoms with E-state index >= 15 is 0 Å². The molecule has 18 heavy (non-hydrogen) atoms. The summed E-state index contributed by atoms with van der Waals surface area (Å²) in [7, 11) is 2.06. The Morgan fingerprint density at radius 2 is 1.94 bits per heavy atom. The first-order valence-corrected chi connectivity index (χ1v) is 6.91. The van der Waals surface area contributed by atoms with Crippen LogP contribution in [0.4, 0.5) is 5.82 Å². The molecule has 0 saturated carbocycles. The molecule has 0 amide bonds. The third-order valence-electron chi connectivity index (χ3n) is 3.08. The lowest BCUT2D eigenvalue weighted by molar-refractivity contribution is 0.540. The maximum atomic E-state index is 6.10. The van der Waals surface area contributed by atoms with Gasteiger partial charge in [0, 0.05) is 24.6 Å². The molecule has 102 valence electrons. The summed E-state index contributed by atoms with van der Waals surface area (Å²) in [5, 5.41) is 0.514. The van der Waals surface area contributed by atoms with E-state index in [-0.39, 0.29) is 5.41 Å². The quantitative estimate of drug-likeness (QED) is 0.772. The lowest BCUT2D eigenvalue weighted by Crippen LogP contribution is -2.30. The summed E-state index contributed by atoms with van der Waals surface area (Å²) >= 11 is 6.10. The lowest BCUT2D eigenvalue weighted by atomic mass is 9.96. The van der Waals surface area contributed by atoms with E-state index in [9.17, 15) is 0 Å². The standard InChI is InChI=1S/C14H24ClN3/c1-7-8-10(2)18(6)12-9-11(15)16-13(17-12)14(3,4)5/h9-10H,7-8H2,1-6H3. The van der Waals surface area contributed by atoms with Crippen molar-refractivity contribution < 1.29 is 0 Å². The zero-order chi connectivity index (χ0) is 13.9. The molecule has 1 heterocycles. The molecular formula is C14H24ClN3. The van der Waals surface area contributed by atoms with Crippen LogP contribution < -0.4 is 4.90 Å². The topological polar surface area (TPSA) is 29.0 Å². The Balaban J connectivity index is 3.06. The molecule has 0 aliphatic heterocycles. The van der Waals surface area contributed by atoms with Gasteiger partial charge in [-0.1, -0.05) is 45.7 Å². The minimum absolute atomic E-state index is 0.0888. The van der Waals surface area contributed by atoms with Gasteiger partial charge >= 0.3 is 0 Å². The molecule has 0 radical (unpaired) electrons. The lowest BCUT2D eigenvalue weighted by Gasteiger charge is -2.27. The molecule has 4 heteroatoms. The second kappa shape index (κ2) is 5.87. The molecule has 0 bridgehead atoms. The van der Waals surface area contributed by atoms with Gasteiger partial charge in [0.15, 0.2) is 0 Å². The van der Waals surface area contributed by atoms with Crippen molar-refractivity contribution in [3.05, 3.63) is 17.0 Å². The average molecular weight is 270 g/mol. The van der Waals surface area contributed by atoms with Gasteiger partial charge in [-0.05, 0) is 13.3 Å². The van der Waals surface area contributed by atoms with E-state index in [1.165, 1.54) is 0 Å². The predicted molar refractivity (Wildman–Crippen MR) is 78.5 cm³/mol. The molecule has 0 fully saturated rings. The maximum absolute atomic E-state index is 6.10. The molecule has 1 rings (SSSR count). The third-order valence-corrected chi connectivity index (χ3v) is 3.27. The normalized spacial score (nSPS) is 13.5. The van der Waals surface area contributed by atoms with Crippen LogP contribution in [0.25, 0.3) is 0 Å². The van der Waals surface area contributed by atoms with E-state index in [2.05, 4.69) is 56.5 Å². The number of nitrogens with zero attached hydrogens (tertiary/aromatic N) is 3. The molecule has 0 aromatic carbocycles. The molecule has 1 aromatic rings. The van der Waals surface area contributed by atoms with Crippen LogP contribution >= 0.6 is 11.6 Å². The van der Waals surface area contributed by atoms with Gasteiger partial charge in [0.25, 0.3) is 0 Å². The van der Waals surface area contributed by atoms with Crippen molar-refractivity contribution in [3.8, 4) is 0 Å². The van der Waals surface area contributed by atoms with Crippen molar-refractivity contribution >= 4 is 17.4 Å². The summed E-state index contributed by atoms with van der Waals surface area (Å²) in [4.78, 5) is 11.1. The molecule has 0 aliphatic rings. The predicted octanol–water partition coefficient (Wildman–Crippen LogP) is 4.05. The van der Waals surface area contributed by atoms with Crippen LogP contribution in [0.5, 0.6) is 0 Å². The van der Waals surface area contributed by atoms with E-state index < -0.39 is 0 Å². The highest BCUT2D eigenvalue weighted by molar-refractivity contribution is 6.29. The van der Waals surface area contributed by atoms with Crippen molar-refractivity contribution in [1.82, 2.24) is 9.97 Å². The zero-order valence-electron chi connectivity index (χ0n) is 12.3. The first-order valence-electron chi connectivity index (χ1n) is 6.53. The molecule has 0 saturated heterocycles. The van der Waals surface area contributed by atoms with E-state index in [0.717, 1.165) is 24.5 Å². The first-order chi connectivity index (χ1) is 8.25. The van der Waals surface area contributed by atoms with E-state index in [1.54, 1.807) is 0 Å². The summed E-state index contributed by atoms with van der Waals surface area (Å²) < 4.78 is 0. The molecule has 3 nitrogen and oxygen atoms in total. The largest absolute Gasteiger partial charge is 0.357 e. The Bertz CT molecular complexity index is 399. The minimum atomic E-state index is -0.0888. The number of hydrogen-bond donors (Lipinski definition) is 0. The van der Waals surface area contributed by atoms with Gasteiger partial charge in [0.2, 0.25) is 0 Å². The third kappa shape index (κ3) is 3.84. The summed E-state index contributed by atoms with van der Waals surface area (Å²) in [5.41, 5.74) is -0.0888. The van der Waals surface area contributed by atoms with Gasteiger partial charge in [0.05, 0.1) is 0 Å². The van der Waals surface area contributed by atoms with Gasteiger partial charge < -0.3 is 4.90 Å². The summed E-state index contributed by atoms with van der Waals surface area (Å²) in [6.45, 7) is 10.7.